The molecule has 2 aromatic carbocycles. The number of para-hydroxylation sites is 1. The first-order valence-corrected chi connectivity index (χ1v) is 9.56. The number of hydrogen-bond acceptors (Lipinski definition) is 4. The molecule has 0 fully saturated rings. The summed E-state index contributed by atoms with van der Waals surface area (Å²) in [6, 6.07) is 13.9. The van der Waals surface area contributed by atoms with Gasteiger partial charge >= 0.3 is 0 Å². The minimum atomic E-state index is -0.363. The van der Waals surface area contributed by atoms with Crippen LogP contribution in [0.5, 0.6) is 5.75 Å². The maximum atomic E-state index is 12.5. The smallest absolute Gasteiger partial charge is 0.261 e. The second-order valence-electron chi connectivity index (χ2n) is 6.46. The van der Waals surface area contributed by atoms with Gasteiger partial charge in [-0.1, -0.05) is 25.1 Å². The molecule has 0 aliphatic carbocycles. The first-order valence-electron chi connectivity index (χ1n) is 9.15. The van der Waals surface area contributed by atoms with E-state index in [-0.39, 0.29) is 23.0 Å². The summed E-state index contributed by atoms with van der Waals surface area (Å²) in [6.07, 6.45) is 0.844. The minimum absolute atomic E-state index is 0.0412. The van der Waals surface area contributed by atoms with Gasteiger partial charge in [0.15, 0.2) is 5.11 Å². The molecule has 7 heteroatoms. The molecule has 148 valence electrons. The van der Waals surface area contributed by atoms with Crippen molar-refractivity contribution in [2.45, 2.75) is 33.2 Å². The topological polar surface area (TPSA) is 79.5 Å². The lowest BCUT2D eigenvalue weighted by molar-refractivity contribution is 0.0940. The van der Waals surface area contributed by atoms with E-state index in [1.54, 1.807) is 42.5 Å². The third-order valence-corrected chi connectivity index (χ3v) is 3.83. The van der Waals surface area contributed by atoms with Crippen LogP contribution < -0.4 is 20.7 Å². The number of rotatable bonds is 7. The van der Waals surface area contributed by atoms with Crippen LogP contribution in [0.15, 0.2) is 48.5 Å². The zero-order valence-corrected chi connectivity index (χ0v) is 17.1. The summed E-state index contributed by atoms with van der Waals surface area (Å²) in [5, 5.41) is 8.54. The van der Waals surface area contributed by atoms with Crippen molar-refractivity contribution in [1.82, 2.24) is 10.6 Å². The number of anilines is 1. The van der Waals surface area contributed by atoms with Gasteiger partial charge in [0.1, 0.15) is 5.75 Å². The standard InChI is InChI=1S/C21H25N3O3S/c1-4-12-27-18-11-6-5-10-17(18)20(26)24-21(28)23-16-9-7-8-15(13-16)19(25)22-14(2)3/h5-11,13-14H,4,12H2,1-3H3,(H,22,25)(H2,23,24,26,28). The van der Waals surface area contributed by atoms with Gasteiger partial charge < -0.3 is 15.4 Å². The van der Waals surface area contributed by atoms with Gasteiger partial charge in [0.2, 0.25) is 0 Å². The van der Waals surface area contributed by atoms with E-state index >= 15 is 0 Å². The van der Waals surface area contributed by atoms with Gasteiger partial charge in [-0.25, -0.2) is 0 Å². The molecule has 0 saturated carbocycles. The number of nitrogens with one attached hydrogen (secondary N) is 3. The molecule has 0 spiro atoms. The Morgan fingerprint density at radius 1 is 1.07 bits per heavy atom. The lowest BCUT2D eigenvalue weighted by Gasteiger charge is -2.13. The number of benzene rings is 2. The van der Waals surface area contributed by atoms with Gasteiger partial charge in [0.05, 0.1) is 12.2 Å². The average Bonchev–Trinajstić information content (AvgIpc) is 2.66. The average molecular weight is 400 g/mol. The van der Waals surface area contributed by atoms with Gasteiger partial charge in [0.25, 0.3) is 11.8 Å². The summed E-state index contributed by atoms with van der Waals surface area (Å²) in [5.74, 6) is -0.0227. The van der Waals surface area contributed by atoms with E-state index in [2.05, 4.69) is 16.0 Å². The summed E-state index contributed by atoms with van der Waals surface area (Å²) in [5.41, 5.74) is 1.52. The molecular weight excluding hydrogens is 374 g/mol. The molecule has 0 aliphatic heterocycles. The Morgan fingerprint density at radius 2 is 1.82 bits per heavy atom. The van der Waals surface area contributed by atoms with Gasteiger partial charge in [-0.3, -0.25) is 14.9 Å². The lowest BCUT2D eigenvalue weighted by atomic mass is 10.1. The fourth-order valence-electron chi connectivity index (χ4n) is 2.41. The van der Waals surface area contributed by atoms with E-state index in [1.807, 2.05) is 26.8 Å². The van der Waals surface area contributed by atoms with Crippen molar-refractivity contribution >= 4 is 34.8 Å². The Balaban J connectivity index is 2.03. The van der Waals surface area contributed by atoms with Crippen molar-refractivity contribution in [2.24, 2.45) is 0 Å². The molecule has 2 amide bonds. The normalized spacial score (nSPS) is 10.3. The minimum Gasteiger partial charge on any atom is -0.493 e. The van der Waals surface area contributed by atoms with Gasteiger partial charge in [-0.05, 0) is 62.8 Å². The van der Waals surface area contributed by atoms with Crippen LogP contribution in [0.1, 0.15) is 47.9 Å². The van der Waals surface area contributed by atoms with Crippen molar-refractivity contribution in [3.05, 3.63) is 59.7 Å². The first-order chi connectivity index (χ1) is 13.4. The van der Waals surface area contributed by atoms with Crippen LogP contribution >= 0.6 is 12.2 Å². The Labute approximate surface area is 170 Å². The predicted octanol–water partition coefficient (Wildman–Crippen LogP) is 3.74. The van der Waals surface area contributed by atoms with E-state index < -0.39 is 0 Å². The highest BCUT2D eigenvalue weighted by atomic mass is 32.1. The molecular formula is C21H25N3O3S. The van der Waals surface area contributed by atoms with Crippen molar-refractivity contribution in [3.63, 3.8) is 0 Å². The number of thiocarbonyl (C=S) groups is 1. The summed E-state index contributed by atoms with van der Waals surface area (Å²) in [4.78, 5) is 24.7. The fourth-order valence-corrected chi connectivity index (χ4v) is 2.62. The first kappa shape index (κ1) is 21.4. The maximum absolute atomic E-state index is 12.5. The molecule has 0 saturated heterocycles. The fraction of sp³-hybridized carbons (Fsp3) is 0.286. The summed E-state index contributed by atoms with van der Waals surface area (Å²) in [7, 11) is 0. The third-order valence-electron chi connectivity index (χ3n) is 3.62. The van der Waals surface area contributed by atoms with Crippen molar-refractivity contribution < 1.29 is 14.3 Å². The molecule has 0 aliphatic rings. The van der Waals surface area contributed by atoms with Crippen LogP contribution in [-0.2, 0) is 0 Å². The zero-order valence-electron chi connectivity index (χ0n) is 16.2. The Morgan fingerprint density at radius 3 is 2.54 bits per heavy atom. The quantitative estimate of drug-likeness (QED) is 0.618. The molecule has 28 heavy (non-hydrogen) atoms. The van der Waals surface area contributed by atoms with Gasteiger partial charge in [-0.15, -0.1) is 0 Å². The van der Waals surface area contributed by atoms with Crippen molar-refractivity contribution in [1.29, 1.82) is 0 Å². The molecule has 2 aromatic rings. The Kier molecular flexibility index (Phi) is 7.95. The van der Waals surface area contributed by atoms with E-state index in [4.69, 9.17) is 17.0 Å². The van der Waals surface area contributed by atoms with Gasteiger partial charge in [-0.2, -0.15) is 0 Å². The molecule has 0 heterocycles. The molecule has 0 atom stereocenters. The largest absolute Gasteiger partial charge is 0.493 e. The van der Waals surface area contributed by atoms with Crippen LogP contribution in [-0.4, -0.2) is 29.6 Å². The lowest BCUT2D eigenvalue weighted by Crippen LogP contribution is -2.34. The van der Waals surface area contributed by atoms with Crippen LogP contribution in [0.2, 0.25) is 0 Å². The third kappa shape index (κ3) is 6.35. The van der Waals surface area contributed by atoms with E-state index in [1.165, 1.54) is 0 Å². The molecule has 0 aromatic heterocycles. The van der Waals surface area contributed by atoms with Crippen LogP contribution in [0.3, 0.4) is 0 Å². The Bertz CT molecular complexity index is 852. The number of carbonyl (C=O) groups is 2. The van der Waals surface area contributed by atoms with Crippen LogP contribution in [0, 0.1) is 0 Å². The van der Waals surface area contributed by atoms with Crippen molar-refractivity contribution in [2.75, 3.05) is 11.9 Å². The molecule has 2 rings (SSSR count). The molecule has 0 unspecified atom stereocenters. The zero-order chi connectivity index (χ0) is 20.5. The second-order valence-corrected chi connectivity index (χ2v) is 6.87. The van der Waals surface area contributed by atoms with E-state index in [0.29, 0.717) is 29.2 Å². The SMILES string of the molecule is CCCOc1ccccc1C(=O)NC(=S)Nc1cccc(C(=O)NC(C)C)c1. The molecule has 0 radical (unpaired) electrons. The van der Waals surface area contributed by atoms with Crippen molar-refractivity contribution in [3.8, 4) is 5.75 Å². The molecule has 0 bridgehead atoms. The van der Waals surface area contributed by atoms with Crippen LogP contribution in [0.25, 0.3) is 0 Å². The Hall–Kier alpha value is -2.93. The number of carbonyl (C=O) groups excluding carboxylic acids is 2. The molecule has 3 N–H and O–H groups in total. The summed E-state index contributed by atoms with van der Waals surface area (Å²) < 4.78 is 5.61. The molecule has 6 nitrogen and oxygen atoms in total. The monoisotopic (exact) mass is 399 g/mol. The number of amides is 2. The highest BCUT2D eigenvalue weighted by Gasteiger charge is 2.14. The predicted molar refractivity (Wildman–Crippen MR) is 115 cm³/mol. The highest BCUT2D eigenvalue weighted by Crippen LogP contribution is 2.18. The highest BCUT2D eigenvalue weighted by molar-refractivity contribution is 7.80. The van der Waals surface area contributed by atoms with Gasteiger partial charge in [0, 0.05) is 17.3 Å². The van der Waals surface area contributed by atoms with E-state index in [0.717, 1.165) is 6.42 Å². The number of ether oxygens (including phenoxy) is 1. The van der Waals surface area contributed by atoms with E-state index in [9.17, 15) is 9.59 Å². The van der Waals surface area contributed by atoms with Crippen LogP contribution in [0.4, 0.5) is 5.69 Å². The summed E-state index contributed by atoms with van der Waals surface area (Å²) >= 11 is 5.24. The second kappa shape index (κ2) is 10.4. The maximum Gasteiger partial charge on any atom is 0.261 e. The number of hydrogen-bond donors (Lipinski definition) is 3. The summed E-state index contributed by atoms with van der Waals surface area (Å²) in [6.45, 7) is 6.31.